The monoisotopic (exact) mass is 434 g/mol. The van der Waals surface area contributed by atoms with Gasteiger partial charge in [-0.05, 0) is 31.2 Å². The standard InChI is InChI=1S/C20H21F3N6O2/c1-13(10-28-7-6-14(2)27-28)19(31)26-17-9-24-29(11-17)12-18(30)25-16-5-3-4-15(8-16)20(21,22)23/h3-9,11,13H,10,12H2,1-2H3,(H,25,30)(H,26,31)/t13-/m1/s1. The van der Waals surface area contributed by atoms with Crippen LogP contribution in [0.1, 0.15) is 18.2 Å². The molecule has 2 amide bonds. The SMILES string of the molecule is Cc1ccn(C[C@@H](C)C(=O)Nc2cnn(CC(=O)Nc3cccc(C(F)(F)F)c3)c2)n1. The van der Waals surface area contributed by atoms with Crippen molar-refractivity contribution in [2.75, 3.05) is 10.6 Å². The lowest BCUT2D eigenvalue weighted by Crippen LogP contribution is -2.24. The first-order valence-electron chi connectivity index (χ1n) is 9.40. The topological polar surface area (TPSA) is 93.8 Å². The third-order valence-corrected chi connectivity index (χ3v) is 4.36. The molecule has 8 nitrogen and oxygen atoms in total. The van der Waals surface area contributed by atoms with Crippen LogP contribution in [0.15, 0.2) is 48.9 Å². The molecule has 2 N–H and O–H groups in total. The second-order valence-electron chi connectivity index (χ2n) is 7.12. The van der Waals surface area contributed by atoms with Crippen molar-refractivity contribution in [3.8, 4) is 0 Å². The Morgan fingerprint density at radius 2 is 1.90 bits per heavy atom. The van der Waals surface area contributed by atoms with Gasteiger partial charge in [0.25, 0.3) is 0 Å². The van der Waals surface area contributed by atoms with E-state index in [1.807, 2.05) is 13.0 Å². The van der Waals surface area contributed by atoms with Crippen LogP contribution in [0.2, 0.25) is 0 Å². The molecule has 11 heteroatoms. The Labute approximate surface area is 176 Å². The van der Waals surface area contributed by atoms with Gasteiger partial charge in [-0.2, -0.15) is 23.4 Å². The number of carbonyl (C=O) groups excluding carboxylic acids is 2. The van der Waals surface area contributed by atoms with Gasteiger partial charge in [-0.25, -0.2) is 0 Å². The number of aromatic nitrogens is 4. The van der Waals surface area contributed by atoms with E-state index in [0.29, 0.717) is 12.2 Å². The molecule has 1 aromatic carbocycles. The summed E-state index contributed by atoms with van der Waals surface area (Å²) < 4.78 is 41.3. The molecule has 3 aromatic rings. The largest absolute Gasteiger partial charge is 0.416 e. The molecule has 0 aliphatic rings. The lowest BCUT2D eigenvalue weighted by molar-refractivity contribution is -0.137. The summed E-state index contributed by atoms with van der Waals surface area (Å²) in [5.74, 6) is -1.14. The van der Waals surface area contributed by atoms with Gasteiger partial charge in [-0.1, -0.05) is 13.0 Å². The molecule has 0 aliphatic heterocycles. The molecular formula is C20H21F3N6O2. The fourth-order valence-electron chi connectivity index (χ4n) is 2.83. The van der Waals surface area contributed by atoms with Gasteiger partial charge in [0.15, 0.2) is 0 Å². The molecule has 31 heavy (non-hydrogen) atoms. The molecule has 0 unspecified atom stereocenters. The molecule has 0 fully saturated rings. The van der Waals surface area contributed by atoms with Gasteiger partial charge in [0.05, 0.1) is 35.6 Å². The maximum Gasteiger partial charge on any atom is 0.416 e. The molecule has 164 valence electrons. The number of benzene rings is 1. The van der Waals surface area contributed by atoms with Crippen LogP contribution in [-0.2, 0) is 28.9 Å². The van der Waals surface area contributed by atoms with Gasteiger partial charge < -0.3 is 10.6 Å². The maximum absolute atomic E-state index is 12.8. The summed E-state index contributed by atoms with van der Waals surface area (Å²) in [5.41, 5.74) is 0.439. The number of rotatable bonds is 7. The third-order valence-electron chi connectivity index (χ3n) is 4.36. The van der Waals surface area contributed by atoms with Crippen molar-refractivity contribution in [2.24, 2.45) is 5.92 Å². The molecule has 3 rings (SSSR count). The Bertz CT molecular complexity index is 1070. The van der Waals surface area contributed by atoms with Gasteiger partial charge >= 0.3 is 6.18 Å². The predicted molar refractivity (Wildman–Crippen MR) is 107 cm³/mol. The lowest BCUT2D eigenvalue weighted by Gasteiger charge is -2.11. The smallest absolute Gasteiger partial charge is 0.324 e. The second-order valence-corrected chi connectivity index (χ2v) is 7.12. The number of hydrogen-bond donors (Lipinski definition) is 2. The highest BCUT2D eigenvalue weighted by atomic mass is 19.4. The van der Waals surface area contributed by atoms with Crippen molar-refractivity contribution in [3.05, 3.63) is 60.2 Å². The maximum atomic E-state index is 12.8. The summed E-state index contributed by atoms with van der Waals surface area (Å²) in [6.07, 6.45) is 0.151. The van der Waals surface area contributed by atoms with Crippen molar-refractivity contribution in [2.45, 2.75) is 33.1 Å². The molecule has 0 saturated carbocycles. The summed E-state index contributed by atoms with van der Waals surface area (Å²) in [4.78, 5) is 24.5. The van der Waals surface area contributed by atoms with Crippen molar-refractivity contribution >= 4 is 23.2 Å². The Balaban J connectivity index is 1.53. The highest BCUT2D eigenvalue weighted by Gasteiger charge is 2.30. The first-order valence-corrected chi connectivity index (χ1v) is 9.40. The number of amides is 2. The zero-order valence-corrected chi connectivity index (χ0v) is 16.8. The number of nitrogens with zero attached hydrogens (tertiary/aromatic N) is 4. The van der Waals surface area contributed by atoms with Crippen LogP contribution in [0, 0.1) is 12.8 Å². The summed E-state index contributed by atoms with van der Waals surface area (Å²) in [6, 6.07) is 6.21. The number of alkyl halides is 3. The Morgan fingerprint density at radius 1 is 1.13 bits per heavy atom. The Morgan fingerprint density at radius 3 is 2.58 bits per heavy atom. The minimum Gasteiger partial charge on any atom is -0.324 e. The van der Waals surface area contributed by atoms with E-state index >= 15 is 0 Å². The minimum atomic E-state index is -4.50. The van der Waals surface area contributed by atoms with E-state index in [-0.39, 0.29) is 24.1 Å². The van der Waals surface area contributed by atoms with Crippen LogP contribution in [-0.4, -0.2) is 31.4 Å². The Kier molecular flexibility index (Phi) is 6.42. The van der Waals surface area contributed by atoms with E-state index in [9.17, 15) is 22.8 Å². The predicted octanol–water partition coefficient (Wildman–Crippen LogP) is 3.32. The second kappa shape index (κ2) is 9.02. The molecular weight excluding hydrogens is 413 g/mol. The molecule has 0 saturated heterocycles. The molecule has 2 heterocycles. The van der Waals surface area contributed by atoms with E-state index in [1.165, 1.54) is 29.2 Å². The first kappa shape index (κ1) is 22.1. The summed E-state index contributed by atoms with van der Waals surface area (Å²) >= 11 is 0. The third kappa shape index (κ3) is 6.17. The zero-order valence-electron chi connectivity index (χ0n) is 16.8. The quantitative estimate of drug-likeness (QED) is 0.597. The van der Waals surface area contributed by atoms with Crippen molar-refractivity contribution in [3.63, 3.8) is 0 Å². The zero-order chi connectivity index (χ0) is 22.6. The van der Waals surface area contributed by atoms with Gasteiger partial charge in [0, 0.05) is 18.1 Å². The van der Waals surface area contributed by atoms with Crippen molar-refractivity contribution < 1.29 is 22.8 Å². The molecule has 2 aromatic heterocycles. The number of hydrogen-bond acceptors (Lipinski definition) is 4. The lowest BCUT2D eigenvalue weighted by atomic mass is 10.1. The van der Waals surface area contributed by atoms with E-state index in [1.54, 1.807) is 17.8 Å². The molecule has 0 bridgehead atoms. The number of nitrogens with one attached hydrogen (secondary N) is 2. The number of aryl methyl sites for hydroxylation is 1. The highest BCUT2D eigenvalue weighted by molar-refractivity contribution is 5.92. The van der Waals surface area contributed by atoms with Crippen LogP contribution >= 0.6 is 0 Å². The fraction of sp³-hybridized carbons (Fsp3) is 0.300. The summed E-state index contributed by atoms with van der Waals surface area (Å²) in [6.45, 7) is 3.81. The van der Waals surface area contributed by atoms with Crippen LogP contribution in [0.25, 0.3) is 0 Å². The number of carbonyl (C=O) groups is 2. The minimum absolute atomic E-state index is 0.0307. The van der Waals surface area contributed by atoms with Gasteiger partial charge in [-0.3, -0.25) is 19.0 Å². The summed E-state index contributed by atoms with van der Waals surface area (Å²) in [5, 5.41) is 13.4. The van der Waals surface area contributed by atoms with E-state index in [2.05, 4.69) is 20.8 Å². The first-order chi connectivity index (χ1) is 14.6. The van der Waals surface area contributed by atoms with Crippen LogP contribution in [0.3, 0.4) is 0 Å². The van der Waals surface area contributed by atoms with Gasteiger partial charge in [0.1, 0.15) is 6.54 Å². The van der Waals surface area contributed by atoms with Gasteiger partial charge in [0.2, 0.25) is 11.8 Å². The van der Waals surface area contributed by atoms with Crippen LogP contribution < -0.4 is 10.6 Å². The molecule has 0 radical (unpaired) electrons. The fourth-order valence-corrected chi connectivity index (χ4v) is 2.83. The summed E-state index contributed by atoms with van der Waals surface area (Å²) in [7, 11) is 0. The molecule has 0 aliphatic carbocycles. The Hall–Kier alpha value is -3.63. The van der Waals surface area contributed by atoms with Crippen LogP contribution in [0.4, 0.5) is 24.5 Å². The number of anilines is 2. The average Bonchev–Trinajstić information content (AvgIpc) is 3.29. The van der Waals surface area contributed by atoms with Gasteiger partial charge in [-0.15, -0.1) is 0 Å². The normalized spacial score (nSPS) is 12.4. The van der Waals surface area contributed by atoms with E-state index < -0.39 is 17.6 Å². The van der Waals surface area contributed by atoms with E-state index in [0.717, 1.165) is 17.8 Å². The van der Waals surface area contributed by atoms with Crippen molar-refractivity contribution in [1.82, 2.24) is 19.6 Å². The van der Waals surface area contributed by atoms with E-state index in [4.69, 9.17) is 0 Å². The molecule has 1 atom stereocenters. The average molecular weight is 434 g/mol. The molecule has 0 spiro atoms. The number of halogens is 3. The van der Waals surface area contributed by atoms with Crippen molar-refractivity contribution in [1.29, 1.82) is 0 Å². The highest BCUT2D eigenvalue weighted by Crippen LogP contribution is 2.30. The van der Waals surface area contributed by atoms with Crippen LogP contribution in [0.5, 0.6) is 0 Å².